The van der Waals surface area contributed by atoms with Gasteiger partial charge in [0, 0.05) is 0 Å². The molecule has 34 valence electrons. The highest BCUT2D eigenvalue weighted by Gasteiger charge is 1.58. The molecule has 2 heteroatoms. The largest absolute Gasteiger partial charge is 0.153 e. The number of rotatable bonds is 1. The second-order valence-electron chi connectivity index (χ2n) is 0.689. The Hall–Kier alpha value is 1.16. The van der Waals surface area contributed by atoms with Crippen LogP contribution in [0.2, 0.25) is 0 Å². The lowest BCUT2D eigenvalue weighted by Gasteiger charge is -1.66. The molecule has 0 aromatic carbocycles. The molecular weight excluding hydrogens is 194 g/mol. The van der Waals surface area contributed by atoms with E-state index in [1.807, 2.05) is 0 Å². The molecule has 0 N–H and O–H groups in total. The highest BCUT2D eigenvalue weighted by molar-refractivity contribution is 14.1. The Morgan fingerprint density at radius 2 is 1.80 bits per heavy atom. The van der Waals surface area contributed by atoms with Crippen molar-refractivity contribution in [3.8, 4) is 0 Å². The molecule has 0 aliphatic heterocycles. The van der Waals surface area contributed by atoms with Crippen molar-refractivity contribution in [2.45, 2.75) is 13.3 Å². The van der Waals surface area contributed by atoms with E-state index in [-0.39, 0.29) is 9.90 Å². The first-order valence-corrected chi connectivity index (χ1v) is 3.00. The molecule has 0 fully saturated rings. The summed E-state index contributed by atoms with van der Waals surface area (Å²) in [5.74, 6) is 0. The number of hydrogen-bond donors (Lipinski definition) is 0. The van der Waals surface area contributed by atoms with Gasteiger partial charge >= 0.3 is 0 Å². The first-order chi connectivity index (χ1) is 1.91. The summed E-state index contributed by atoms with van der Waals surface area (Å²) in [5, 5.41) is 0. The highest BCUT2D eigenvalue weighted by Crippen LogP contribution is 1.81. The van der Waals surface area contributed by atoms with Gasteiger partial charge in [-0.05, 0) is 10.8 Å². The predicted molar refractivity (Wildman–Crippen MR) is 40.3 cm³/mol. The minimum absolute atomic E-state index is 0. The molecule has 0 bridgehead atoms. The standard InChI is InChI=1S/C3H7I.H3P/c1-2-3-4;/h2-3H2,1H3;1H3. The van der Waals surface area contributed by atoms with Crippen molar-refractivity contribution in [2.24, 2.45) is 0 Å². The number of alkyl halides is 1. The molecule has 5 heavy (non-hydrogen) atoms. The summed E-state index contributed by atoms with van der Waals surface area (Å²) in [6.07, 6.45) is 1.31. The summed E-state index contributed by atoms with van der Waals surface area (Å²) in [7, 11) is 0. The zero-order chi connectivity index (χ0) is 3.41. The SMILES string of the molecule is CCCI.P. The van der Waals surface area contributed by atoms with Gasteiger partial charge in [0.15, 0.2) is 0 Å². The number of halogens is 1. The van der Waals surface area contributed by atoms with Gasteiger partial charge in [0.05, 0.1) is 0 Å². The third kappa shape index (κ3) is 11.0. The van der Waals surface area contributed by atoms with Crippen molar-refractivity contribution in [1.82, 2.24) is 0 Å². The maximum absolute atomic E-state index is 2.35. The summed E-state index contributed by atoms with van der Waals surface area (Å²) in [5.41, 5.74) is 0. The zero-order valence-corrected chi connectivity index (χ0v) is 7.07. The molecule has 0 amide bonds. The fourth-order valence-corrected chi connectivity index (χ4v) is 0. The Balaban J connectivity index is 0. The lowest BCUT2D eigenvalue weighted by molar-refractivity contribution is 1.13. The average Bonchev–Trinajstić information content (AvgIpc) is 1.37. The molecule has 0 aliphatic carbocycles. The molecule has 0 spiro atoms. The van der Waals surface area contributed by atoms with E-state index in [9.17, 15) is 0 Å². The molecule has 0 aromatic rings. The molecule has 0 rings (SSSR count). The van der Waals surface area contributed by atoms with E-state index in [0.29, 0.717) is 0 Å². The van der Waals surface area contributed by atoms with Crippen LogP contribution in [0.3, 0.4) is 0 Å². The van der Waals surface area contributed by atoms with Crippen LogP contribution in [0.1, 0.15) is 13.3 Å². The second-order valence-corrected chi connectivity index (χ2v) is 1.77. The maximum Gasteiger partial charge on any atom is -0.000735 e. The van der Waals surface area contributed by atoms with Crippen LogP contribution in [0.5, 0.6) is 0 Å². The van der Waals surface area contributed by atoms with Gasteiger partial charge in [-0.15, -0.1) is 0 Å². The lowest BCUT2D eigenvalue weighted by Crippen LogP contribution is -1.54. The Bertz CT molecular complexity index is 8.85. The molecule has 0 saturated heterocycles. The third-order valence-electron chi connectivity index (χ3n) is 0.189. The fraction of sp³-hybridized carbons (Fsp3) is 1.00. The molecule has 0 nitrogen and oxygen atoms in total. The summed E-state index contributed by atoms with van der Waals surface area (Å²) < 4.78 is 1.29. The van der Waals surface area contributed by atoms with Gasteiger partial charge in [0.1, 0.15) is 0 Å². The molecule has 0 heterocycles. The molecule has 0 aliphatic rings. The van der Waals surface area contributed by atoms with Crippen LogP contribution in [0.4, 0.5) is 0 Å². The van der Waals surface area contributed by atoms with Crippen molar-refractivity contribution < 1.29 is 0 Å². The topological polar surface area (TPSA) is 0 Å². The maximum atomic E-state index is 2.35. The Labute approximate surface area is 50.5 Å². The van der Waals surface area contributed by atoms with E-state index < -0.39 is 0 Å². The molecule has 0 radical (unpaired) electrons. The van der Waals surface area contributed by atoms with Crippen LogP contribution >= 0.6 is 32.5 Å². The van der Waals surface area contributed by atoms with Crippen molar-refractivity contribution in [3.63, 3.8) is 0 Å². The van der Waals surface area contributed by atoms with Gasteiger partial charge in [-0.3, -0.25) is 0 Å². The van der Waals surface area contributed by atoms with Gasteiger partial charge in [-0.1, -0.05) is 29.5 Å². The monoisotopic (exact) mass is 204 g/mol. The molecule has 1 unspecified atom stereocenters. The Morgan fingerprint density at radius 1 is 1.60 bits per heavy atom. The van der Waals surface area contributed by atoms with Gasteiger partial charge in [0.2, 0.25) is 0 Å². The smallest absolute Gasteiger partial charge is 0.000735 e. The van der Waals surface area contributed by atoms with Crippen LogP contribution in [-0.2, 0) is 0 Å². The zero-order valence-electron chi connectivity index (χ0n) is 3.50. The molecular formula is C3H10IP. The van der Waals surface area contributed by atoms with Crippen LogP contribution in [0.25, 0.3) is 0 Å². The van der Waals surface area contributed by atoms with Crippen molar-refractivity contribution in [1.29, 1.82) is 0 Å². The van der Waals surface area contributed by atoms with Gasteiger partial charge in [0.25, 0.3) is 0 Å². The van der Waals surface area contributed by atoms with Crippen LogP contribution in [-0.4, -0.2) is 4.43 Å². The molecule has 0 saturated carbocycles. The Morgan fingerprint density at radius 3 is 1.80 bits per heavy atom. The normalized spacial score (nSPS) is 6.00. The van der Waals surface area contributed by atoms with Gasteiger partial charge in [-0.25, -0.2) is 0 Å². The average molecular weight is 204 g/mol. The van der Waals surface area contributed by atoms with E-state index in [1.54, 1.807) is 0 Å². The van der Waals surface area contributed by atoms with Crippen LogP contribution in [0.15, 0.2) is 0 Å². The van der Waals surface area contributed by atoms with E-state index in [4.69, 9.17) is 0 Å². The van der Waals surface area contributed by atoms with Crippen molar-refractivity contribution in [3.05, 3.63) is 0 Å². The summed E-state index contributed by atoms with van der Waals surface area (Å²) in [6, 6.07) is 0. The summed E-state index contributed by atoms with van der Waals surface area (Å²) in [4.78, 5) is 0. The highest BCUT2D eigenvalue weighted by atomic mass is 127. The second kappa shape index (κ2) is 8.94. The van der Waals surface area contributed by atoms with E-state index in [2.05, 4.69) is 29.5 Å². The first-order valence-electron chi connectivity index (χ1n) is 1.47. The lowest BCUT2D eigenvalue weighted by atomic mass is 10.6. The quantitative estimate of drug-likeness (QED) is 0.347. The Kier molecular flexibility index (Phi) is 17.0. The van der Waals surface area contributed by atoms with E-state index >= 15 is 0 Å². The fourth-order valence-electron chi connectivity index (χ4n) is 0. The minimum atomic E-state index is 0. The first kappa shape index (κ1) is 9.48. The summed E-state index contributed by atoms with van der Waals surface area (Å²) in [6.45, 7) is 2.17. The third-order valence-corrected chi connectivity index (χ3v) is 1.27. The minimum Gasteiger partial charge on any atom is -0.153 e. The molecule has 0 aromatic heterocycles. The van der Waals surface area contributed by atoms with Crippen molar-refractivity contribution in [2.75, 3.05) is 4.43 Å². The van der Waals surface area contributed by atoms with E-state index in [0.717, 1.165) is 0 Å². The van der Waals surface area contributed by atoms with Crippen LogP contribution < -0.4 is 0 Å². The van der Waals surface area contributed by atoms with Gasteiger partial charge in [-0.2, -0.15) is 9.90 Å². The van der Waals surface area contributed by atoms with Crippen LogP contribution in [0, 0.1) is 0 Å². The molecule has 1 atom stereocenters. The van der Waals surface area contributed by atoms with Gasteiger partial charge < -0.3 is 0 Å². The number of hydrogen-bond acceptors (Lipinski definition) is 0. The van der Waals surface area contributed by atoms with Crippen molar-refractivity contribution >= 4 is 32.5 Å². The summed E-state index contributed by atoms with van der Waals surface area (Å²) >= 11 is 2.35. The van der Waals surface area contributed by atoms with E-state index in [1.165, 1.54) is 10.8 Å². The predicted octanol–water partition coefficient (Wildman–Crippen LogP) is 1.89.